The molecule has 0 aliphatic heterocycles. The lowest BCUT2D eigenvalue weighted by Crippen LogP contribution is -2.22. The minimum atomic E-state index is 0.0659. The zero-order valence-corrected chi connectivity index (χ0v) is 14.6. The van der Waals surface area contributed by atoms with Crippen LogP contribution in [0.3, 0.4) is 0 Å². The third-order valence-electron chi connectivity index (χ3n) is 3.36. The molecule has 0 aromatic heterocycles. The van der Waals surface area contributed by atoms with Crippen LogP contribution in [0.2, 0.25) is 0 Å². The highest BCUT2D eigenvalue weighted by molar-refractivity contribution is 5.75. The van der Waals surface area contributed by atoms with Gasteiger partial charge in [0.2, 0.25) is 5.91 Å². The Balaban J connectivity index is 2.51. The maximum Gasteiger partial charge on any atom is 0.220 e. The van der Waals surface area contributed by atoms with Gasteiger partial charge in [0.15, 0.2) is 11.5 Å². The average Bonchev–Trinajstić information content (AvgIpc) is 2.49. The molecule has 0 atom stereocenters. The minimum absolute atomic E-state index is 0.0659. The molecule has 0 saturated heterocycles. The van der Waals surface area contributed by atoms with Gasteiger partial charge < -0.3 is 14.8 Å². The molecule has 1 aromatic rings. The average molecular weight is 317 g/mol. The van der Waals surface area contributed by atoms with Crippen LogP contribution in [0.5, 0.6) is 11.5 Å². The van der Waals surface area contributed by atoms with Crippen molar-refractivity contribution in [1.29, 1.82) is 0 Å². The number of rotatable bonds is 8. The van der Waals surface area contributed by atoms with E-state index in [1.807, 2.05) is 18.2 Å². The first-order chi connectivity index (χ1) is 10.9. The van der Waals surface area contributed by atoms with Crippen molar-refractivity contribution in [3.63, 3.8) is 0 Å². The molecule has 4 nitrogen and oxygen atoms in total. The molecule has 0 heterocycles. The van der Waals surface area contributed by atoms with Gasteiger partial charge in [-0.25, -0.2) is 0 Å². The van der Waals surface area contributed by atoms with E-state index in [1.54, 1.807) is 7.11 Å². The largest absolute Gasteiger partial charge is 0.493 e. The van der Waals surface area contributed by atoms with E-state index in [-0.39, 0.29) is 17.9 Å². The van der Waals surface area contributed by atoms with Gasteiger partial charge in [0.05, 0.1) is 7.11 Å². The van der Waals surface area contributed by atoms with E-state index < -0.39 is 0 Å². The Kier molecular flexibility index (Phi) is 7.47. The number of carbonyl (C=O) groups is 1. The molecule has 0 bridgehead atoms. The Morgan fingerprint density at radius 3 is 2.65 bits per heavy atom. The van der Waals surface area contributed by atoms with Crippen LogP contribution in [0.4, 0.5) is 0 Å². The first kappa shape index (κ1) is 18.9. The maximum absolute atomic E-state index is 11.9. The van der Waals surface area contributed by atoms with Gasteiger partial charge in [0, 0.05) is 13.0 Å². The highest BCUT2D eigenvalue weighted by Crippen LogP contribution is 2.28. The molecular weight excluding hydrogens is 290 g/mol. The summed E-state index contributed by atoms with van der Waals surface area (Å²) in [4.78, 5) is 11.9. The molecule has 0 fully saturated rings. The van der Waals surface area contributed by atoms with E-state index in [4.69, 9.17) is 15.9 Å². The molecule has 1 aromatic carbocycles. The van der Waals surface area contributed by atoms with Gasteiger partial charge >= 0.3 is 0 Å². The van der Waals surface area contributed by atoms with Crippen LogP contribution in [-0.4, -0.2) is 19.6 Å². The van der Waals surface area contributed by atoms with Gasteiger partial charge in [0.1, 0.15) is 6.61 Å². The van der Waals surface area contributed by atoms with Gasteiger partial charge in [-0.15, -0.1) is 6.42 Å². The number of benzene rings is 1. The minimum Gasteiger partial charge on any atom is -0.493 e. The van der Waals surface area contributed by atoms with Crippen LogP contribution in [0.1, 0.15) is 45.6 Å². The Bertz CT molecular complexity index is 553. The predicted octanol–water partition coefficient (Wildman–Crippen LogP) is 3.54. The second kappa shape index (κ2) is 9.09. The number of amides is 1. The van der Waals surface area contributed by atoms with Crippen molar-refractivity contribution >= 4 is 5.91 Å². The molecule has 126 valence electrons. The Labute approximate surface area is 139 Å². The van der Waals surface area contributed by atoms with Crippen LogP contribution < -0.4 is 14.8 Å². The second-order valence-electron chi connectivity index (χ2n) is 6.67. The van der Waals surface area contributed by atoms with Crippen LogP contribution >= 0.6 is 0 Å². The summed E-state index contributed by atoms with van der Waals surface area (Å²) in [6.07, 6.45) is 7.69. The monoisotopic (exact) mass is 317 g/mol. The first-order valence-electron chi connectivity index (χ1n) is 7.85. The lowest BCUT2D eigenvalue weighted by atomic mass is 9.90. The van der Waals surface area contributed by atoms with Gasteiger partial charge in [-0.2, -0.15) is 0 Å². The second-order valence-corrected chi connectivity index (χ2v) is 6.67. The molecule has 0 radical (unpaired) electrons. The summed E-state index contributed by atoms with van der Waals surface area (Å²) in [6, 6.07) is 5.55. The van der Waals surface area contributed by atoms with Crippen molar-refractivity contribution < 1.29 is 14.3 Å². The molecule has 0 aliphatic carbocycles. The lowest BCUT2D eigenvalue weighted by molar-refractivity contribution is -0.121. The van der Waals surface area contributed by atoms with Crippen molar-refractivity contribution in [2.45, 2.75) is 46.6 Å². The van der Waals surface area contributed by atoms with Crippen molar-refractivity contribution in [1.82, 2.24) is 5.32 Å². The van der Waals surface area contributed by atoms with Gasteiger partial charge in [-0.05, 0) is 36.0 Å². The van der Waals surface area contributed by atoms with Crippen molar-refractivity contribution in [3.8, 4) is 23.8 Å². The zero-order valence-electron chi connectivity index (χ0n) is 14.6. The molecule has 0 unspecified atom stereocenters. The van der Waals surface area contributed by atoms with Gasteiger partial charge in [0.25, 0.3) is 0 Å². The van der Waals surface area contributed by atoms with E-state index in [9.17, 15) is 4.79 Å². The number of nitrogens with one attached hydrogen (secondary N) is 1. The SMILES string of the molecule is C#CCOc1cc(CNC(=O)CCCC(C)(C)C)ccc1OC. The Morgan fingerprint density at radius 1 is 1.30 bits per heavy atom. The van der Waals surface area contributed by atoms with Crippen molar-refractivity contribution in [2.75, 3.05) is 13.7 Å². The smallest absolute Gasteiger partial charge is 0.220 e. The normalized spacial score (nSPS) is 10.7. The van der Waals surface area contributed by atoms with E-state index >= 15 is 0 Å². The summed E-state index contributed by atoms with van der Waals surface area (Å²) in [5, 5.41) is 2.93. The Morgan fingerprint density at radius 2 is 2.04 bits per heavy atom. The highest BCUT2D eigenvalue weighted by Gasteiger charge is 2.11. The summed E-state index contributed by atoms with van der Waals surface area (Å²) in [5.74, 6) is 3.70. The quantitative estimate of drug-likeness (QED) is 0.746. The molecule has 1 rings (SSSR count). The highest BCUT2D eigenvalue weighted by atomic mass is 16.5. The summed E-state index contributed by atoms with van der Waals surface area (Å²) < 4.78 is 10.7. The fourth-order valence-corrected chi connectivity index (χ4v) is 2.13. The van der Waals surface area contributed by atoms with Crippen molar-refractivity contribution in [3.05, 3.63) is 23.8 Å². The standard InChI is InChI=1S/C19H27NO3/c1-6-12-23-17-13-15(9-10-16(17)22-5)14-20-18(21)8-7-11-19(2,3)4/h1,9-10,13H,7-8,11-12,14H2,2-5H3,(H,20,21). The third-order valence-corrected chi connectivity index (χ3v) is 3.36. The fourth-order valence-electron chi connectivity index (χ4n) is 2.13. The van der Waals surface area contributed by atoms with Gasteiger partial charge in [-0.3, -0.25) is 4.79 Å². The molecule has 0 aliphatic rings. The van der Waals surface area contributed by atoms with Gasteiger partial charge in [-0.1, -0.05) is 32.8 Å². The first-order valence-corrected chi connectivity index (χ1v) is 7.85. The fraction of sp³-hybridized carbons (Fsp3) is 0.526. The Hall–Kier alpha value is -2.15. The maximum atomic E-state index is 11.9. The molecular formula is C19H27NO3. The molecule has 23 heavy (non-hydrogen) atoms. The van der Waals surface area contributed by atoms with Crippen LogP contribution in [0, 0.1) is 17.8 Å². The number of terminal acetylenes is 1. The zero-order chi connectivity index (χ0) is 17.3. The van der Waals surface area contributed by atoms with E-state index in [2.05, 4.69) is 32.0 Å². The summed E-state index contributed by atoms with van der Waals surface area (Å²) in [5.41, 5.74) is 1.21. The number of carbonyl (C=O) groups excluding carboxylic acids is 1. The number of ether oxygens (including phenoxy) is 2. The summed E-state index contributed by atoms with van der Waals surface area (Å²) >= 11 is 0. The van der Waals surface area contributed by atoms with Crippen LogP contribution in [0.25, 0.3) is 0 Å². The third kappa shape index (κ3) is 7.60. The number of methoxy groups -OCH3 is 1. The van der Waals surface area contributed by atoms with E-state index in [1.165, 1.54) is 0 Å². The van der Waals surface area contributed by atoms with Crippen LogP contribution in [0.15, 0.2) is 18.2 Å². The molecule has 1 amide bonds. The van der Waals surface area contributed by atoms with E-state index in [0.717, 1.165) is 18.4 Å². The molecule has 0 saturated carbocycles. The van der Waals surface area contributed by atoms with Crippen LogP contribution in [-0.2, 0) is 11.3 Å². The number of hydrogen-bond donors (Lipinski definition) is 1. The number of hydrogen-bond acceptors (Lipinski definition) is 3. The molecule has 1 N–H and O–H groups in total. The topological polar surface area (TPSA) is 47.6 Å². The molecule has 4 heteroatoms. The predicted molar refractivity (Wildman–Crippen MR) is 92.5 cm³/mol. The van der Waals surface area contributed by atoms with E-state index in [0.29, 0.717) is 24.5 Å². The lowest BCUT2D eigenvalue weighted by Gasteiger charge is -2.17. The molecule has 0 spiro atoms. The van der Waals surface area contributed by atoms with Crippen molar-refractivity contribution in [2.24, 2.45) is 5.41 Å². The summed E-state index contributed by atoms with van der Waals surface area (Å²) in [6.45, 7) is 7.18. The summed E-state index contributed by atoms with van der Waals surface area (Å²) in [7, 11) is 1.58.